The number of aliphatic hydroxyl groups is 2. The van der Waals surface area contributed by atoms with Gasteiger partial charge in [-0.2, -0.15) is 0 Å². The zero-order valence-corrected chi connectivity index (χ0v) is 13.4. The average Bonchev–Trinajstić information content (AvgIpc) is 3.21. The summed E-state index contributed by atoms with van der Waals surface area (Å²) < 4.78 is 11.6. The summed E-state index contributed by atoms with van der Waals surface area (Å²) in [7, 11) is 0. The van der Waals surface area contributed by atoms with Gasteiger partial charge in [-0.05, 0) is 25.1 Å². The first kappa shape index (κ1) is 15.2. The molecule has 0 saturated carbocycles. The lowest BCUT2D eigenvalue weighted by molar-refractivity contribution is 0.103. The predicted molar refractivity (Wildman–Crippen MR) is 92.9 cm³/mol. The first-order chi connectivity index (χ1) is 11.6. The minimum atomic E-state index is -0.728. The van der Waals surface area contributed by atoms with E-state index >= 15 is 0 Å². The van der Waals surface area contributed by atoms with Crippen molar-refractivity contribution in [3.63, 3.8) is 0 Å². The SMILES string of the molecule is CC(CO)(CO)NCc1cccc2c1oc1cc3ccoc3cc12. The van der Waals surface area contributed by atoms with Gasteiger partial charge in [-0.1, -0.05) is 18.2 Å². The van der Waals surface area contributed by atoms with E-state index in [0.29, 0.717) is 6.54 Å². The highest BCUT2D eigenvalue weighted by Crippen LogP contribution is 2.34. The number of nitrogens with one attached hydrogen (secondary N) is 1. The van der Waals surface area contributed by atoms with Crippen LogP contribution in [0.5, 0.6) is 0 Å². The monoisotopic (exact) mass is 325 g/mol. The Balaban J connectivity index is 1.80. The third kappa shape index (κ3) is 2.38. The lowest BCUT2D eigenvalue weighted by atomic mass is 10.0. The van der Waals surface area contributed by atoms with Gasteiger partial charge in [0.25, 0.3) is 0 Å². The molecular formula is C19H19NO4. The van der Waals surface area contributed by atoms with Crippen molar-refractivity contribution < 1.29 is 19.0 Å². The molecular weight excluding hydrogens is 306 g/mol. The molecule has 0 amide bonds. The molecule has 4 aromatic rings. The minimum absolute atomic E-state index is 0.143. The van der Waals surface area contributed by atoms with E-state index in [1.54, 1.807) is 13.2 Å². The van der Waals surface area contributed by atoms with E-state index < -0.39 is 5.54 Å². The molecule has 2 heterocycles. The third-order valence-electron chi connectivity index (χ3n) is 4.56. The molecule has 2 aromatic heterocycles. The number of aliphatic hydroxyl groups excluding tert-OH is 2. The van der Waals surface area contributed by atoms with Crippen LogP contribution in [-0.4, -0.2) is 29.0 Å². The van der Waals surface area contributed by atoms with E-state index in [1.165, 1.54) is 0 Å². The van der Waals surface area contributed by atoms with Crippen molar-refractivity contribution in [2.45, 2.75) is 19.0 Å². The number of furan rings is 2. The van der Waals surface area contributed by atoms with E-state index in [0.717, 1.165) is 38.5 Å². The first-order valence-corrected chi connectivity index (χ1v) is 7.92. The van der Waals surface area contributed by atoms with Crippen LogP contribution >= 0.6 is 0 Å². The molecule has 0 atom stereocenters. The van der Waals surface area contributed by atoms with Gasteiger partial charge in [-0.3, -0.25) is 0 Å². The van der Waals surface area contributed by atoms with E-state index in [9.17, 15) is 10.2 Å². The smallest absolute Gasteiger partial charge is 0.139 e. The van der Waals surface area contributed by atoms with Crippen molar-refractivity contribution in [3.05, 3.63) is 48.2 Å². The highest BCUT2D eigenvalue weighted by atomic mass is 16.3. The Hall–Kier alpha value is -2.34. The lowest BCUT2D eigenvalue weighted by Gasteiger charge is -2.26. The predicted octanol–water partition coefficient (Wildman–Crippen LogP) is 3.17. The zero-order chi connectivity index (χ0) is 16.7. The van der Waals surface area contributed by atoms with E-state index in [-0.39, 0.29) is 13.2 Å². The van der Waals surface area contributed by atoms with E-state index in [1.807, 2.05) is 36.4 Å². The normalized spacial score (nSPS) is 12.6. The summed E-state index contributed by atoms with van der Waals surface area (Å²) in [5.74, 6) is 0. The number of hydrogen-bond acceptors (Lipinski definition) is 5. The van der Waals surface area contributed by atoms with Gasteiger partial charge in [0.15, 0.2) is 0 Å². The van der Waals surface area contributed by atoms with Gasteiger partial charge >= 0.3 is 0 Å². The van der Waals surface area contributed by atoms with Crippen molar-refractivity contribution in [3.8, 4) is 0 Å². The molecule has 0 aliphatic heterocycles. The Morgan fingerprint density at radius 3 is 2.67 bits per heavy atom. The lowest BCUT2D eigenvalue weighted by Crippen LogP contribution is -2.48. The molecule has 0 unspecified atom stereocenters. The van der Waals surface area contributed by atoms with Crippen LogP contribution in [0.15, 0.2) is 51.5 Å². The number of fused-ring (bicyclic) bond motifs is 4. The highest BCUT2D eigenvalue weighted by Gasteiger charge is 2.22. The van der Waals surface area contributed by atoms with Crippen molar-refractivity contribution in [1.29, 1.82) is 0 Å². The quantitative estimate of drug-likeness (QED) is 0.525. The van der Waals surface area contributed by atoms with Gasteiger partial charge in [0, 0.05) is 28.3 Å². The number of para-hydroxylation sites is 1. The maximum absolute atomic E-state index is 9.42. The molecule has 0 radical (unpaired) electrons. The summed E-state index contributed by atoms with van der Waals surface area (Å²) in [4.78, 5) is 0. The second kappa shape index (κ2) is 5.63. The fraction of sp³-hybridized carbons (Fsp3) is 0.263. The summed E-state index contributed by atoms with van der Waals surface area (Å²) in [5, 5.41) is 25.1. The summed E-state index contributed by atoms with van der Waals surface area (Å²) in [5.41, 5.74) is 2.72. The van der Waals surface area contributed by atoms with E-state index in [2.05, 4.69) is 5.32 Å². The standard InChI is InChI=1S/C19H19NO4/c1-19(10-21,11-22)20-9-13-3-2-4-14-15-8-16-12(5-6-23-16)7-17(15)24-18(13)14/h2-8,20-22H,9-11H2,1H3. The Labute approximate surface area is 138 Å². The molecule has 24 heavy (non-hydrogen) atoms. The molecule has 124 valence electrons. The molecule has 2 aromatic carbocycles. The molecule has 5 nitrogen and oxygen atoms in total. The molecule has 0 aliphatic carbocycles. The summed E-state index contributed by atoms with van der Waals surface area (Å²) in [6.07, 6.45) is 1.67. The summed E-state index contributed by atoms with van der Waals surface area (Å²) >= 11 is 0. The molecule has 0 spiro atoms. The molecule has 0 aliphatic rings. The fourth-order valence-electron chi connectivity index (χ4n) is 2.92. The van der Waals surface area contributed by atoms with Crippen LogP contribution in [0.4, 0.5) is 0 Å². The molecule has 0 saturated heterocycles. The summed E-state index contributed by atoms with van der Waals surface area (Å²) in [6.45, 7) is 1.98. The maximum Gasteiger partial charge on any atom is 0.139 e. The highest BCUT2D eigenvalue weighted by molar-refractivity contribution is 6.09. The van der Waals surface area contributed by atoms with Gasteiger partial charge in [-0.25, -0.2) is 0 Å². The van der Waals surface area contributed by atoms with Gasteiger partial charge < -0.3 is 24.4 Å². The Morgan fingerprint density at radius 1 is 1.04 bits per heavy atom. The van der Waals surface area contributed by atoms with Crippen LogP contribution in [-0.2, 0) is 6.54 Å². The molecule has 0 bridgehead atoms. The average molecular weight is 325 g/mol. The second-order valence-electron chi connectivity index (χ2n) is 6.43. The van der Waals surface area contributed by atoms with Crippen LogP contribution in [0.2, 0.25) is 0 Å². The molecule has 4 rings (SSSR count). The van der Waals surface area contributed by atoms with Crippen LogP contribution < -0.4 is 5.32 Å². The molecule has 3 N–H and O–H groups in total. The van der Waals surface area contributed by atoms with Crippen molar-refractivity contribution >= 4 is 32.9 Å². The van der Waals surface area contributed by atoms with Gasteiger partial charge in [0.2, 0.25) is 0 Å². The third-order valence-corrected chi connectivity index (χ3v) is 4.56. The van der Waals surface area contributed by atoms with Gasteiger partial charge in [0.05, 0.1) is 25.0 Å². The zero-order valence-electron chi connectivity index (χ0n) is 13.4. The van der Waals surface area contributed by atoms with Crippen molar-refractivity contribution in [2.24, 2.45) is 0 Å². The minimum Gasteiger partial charge on any atom is -0.464 e. The van der Waals surface area contributed by atoms with Crippen molar-refractivity contribution in [2.75, 3.05) is 13.2 Å². The second-order valence-corrected chi connectivity index (χ2v) is 6.43. The fourth-order valence-corrected chi connectivity index (χ4v) is 2.92. The van der Waals surface area contributed by atoms with E-state index in [4.69, 9.17) is 8.83 Å². The van der Waals surface area contributed by atoms with Gasteiger partial charge in [0.1, 0.15) is 16.7 Å². The van der Waals surface area contributed by atoms with Crippen LogP contribution in [0.3, 0.4) is 0 Å². The van der Waals surface area contributed by atoms with Crippen LogP contribution in [0.25, 0.3) is 32.9 Å². The number of benzene rings is 2. The molecule has 0 fully saturated rings. The summed E-state index contributed by atoms with van der Waals surface area (Å²) in [6, 6.07) is 11.9. The maximum atomic E-state index is 9.42. The molecule has 5 heteroatoms. The Kier molecular flexibility index (Phi) is 3.57. The largest absolute Gasteiger partial charge is 0.464 e. The number of rotatable bonds is 5. The van der Waals surface area contributed by atoms with Crippen LogP contribution in [0.1, 0.15) is 12.5 Å². The number of hydrogen-bond donors (Lipinski definition) is 3. The van der Waals surface area contributed by atoms with Crippen molar-refractivity contribution in [1.82, 2.24) is 5.32 Å². The van der Waals surface area contributed by atoms with Crippen LogP contribution in [0, 0.1) is 0 Å². The first-order valence-electron chi connectivity index (χ1n) is 7.92. The van der Waals surface area contributed by atoms with Gasteiger partial charge in [-0.15, -0.1) is 0 Å². The Morgan fingerprint density at radius 2 is 1.88 bits per heavy atom. The Bertz CT molecular complexity index is 1010. The topological polar surface area (TPSA) is 78.8 Å².